The summed E-state index contributed by atoms with van der Waals surface area (Å²) in [6.45, 7) is 1.96. The van der Waals surface area contributed by atoms with Gasteiger partial charge in [-0.3, -0.25) is 0 Å². The molecule has 2 aromatic heterocycles. The van der Waals surface area contributed by atoms with E-state index in [4.69, 9.17) is 10.6 Å². The Hall–Kier alpha value is -3.84. The van der Waals surface area contributed by atoms with Crippen LogP contribution in [0.15, 0.2) is 47.4 Å². The summed E-state index contributed by atoms with van der Waals surface area (Å²) >= 11 is 0. The van der Waals surface area contributed by atoms with E-state index in [-0.39, 0.29) is 29.2 Å². The number of fused-ring (bicyclic) bond motifs is 1. The van der Waals surface area contributed by atoms with E-state index < -0.39 is 10.0 Å². The van der Waals surface area contributed by atoms with Gasteiger partial charge in [-0.2, -0.15) is 15.0 Å². The number of anilines is 3. The molecule has 0 radical (unpaired) electrons. The molecule has 0 aliphatic rings. The predicted octanol–water partition coefficient (Wildman–Crippen LogP) is 1.38. The molecule has 13 heteroatoms. The van der Waals surface area contributed by atoms with Crippen LogP contribution < -0.4 is 15.9 Å². The first-order chi connectivity index (χ1) is 15.8. The van der Waals surface area contributed by atoms with E-state index in [1.807, 2.05) is 24.3 Å². The van der Waals surface area contributed by atoms with Gasteiger partial charge in [-0.25, -0.2) is 12.7 Å². The second-order valence-corrected chi connectivity index (χ2v) is 9.39. The minimum absolute atomic E-state index is 0.0305. The average molecular weight is 470 g/mol. The van der Waals surface area contributed by atoms with Gasteiger partial charge in [0.1, 0.15) is 11.0 Å². The zero-order chi connectivity index (χ0) is 23.6. The quantitative estimate of drug-likeness (QED) is 0.387. The van der Waals surface area contributed by atoms with Crippen molar-refractivity contribution in [1.82, 2.24) is 34.4 Å². The fraction of sp³-hybridized carbons (Fsp3) is 0.250. The fourth-order valence-corrected chi connectivity index (χ4v) is 4.02. The summed E-state index contributed by atoms with van der Waals surface area (Å²) in [6.07, 6.45) is 0.838. The van der Waals surface area contributed by atoms with Gasteiger partial charge in [-0.15, -0.1) is 5.10 Å². The third-order valence-electron chi connectivity index (χ3n) is 4.82. The van der Waals surface area contributed by atoms with E-state index in [0.29, 0.717) is 11.0 Å². The molecule has 4 aromatic rings. The van der Waals surface area contributed by atoms with Crippen LogP contribution in [0.4, 0.5) is 17.6 Å². The number of aryl methyl sites for hydroxylation is 1. The highest BCUT2D eigenvalue weighted by Crippen LogP contribution is 2.20. The summed E-state index contributed by atoms with van der Waals surface area (Å²) in [4.78, 5) is 19.5. The lowest BCUT2D eigenvalue weighted by atomic mass is 10.1. The van der Waals surface area contributed by atoms with E-state index in [1.54, 1.807) is 6.07 Å². The summed E-state index contributed by atoms with van der Waals surface area (Å²) < 4.78 is 26.0. The molecule has 0 saturated heterocycles. The zero-order valence-electron chi connectivity index (χ0n) is 18.3. The summed E-state index contributed by atoms with van der Waals surface area (Å²) in [5, 5.41) is 11.1. The van der Waals surface area contributed by atoms with E-state index in [9.17, 15) is 8.42 Å². The van der Waals surface area contributed by atoms with Crippen molar-refractivity contribution in [2.24, 2.45) is 0 Å². The molecule has 12 nitrogen and oxygen atoms in total. The molecule has 0 amide bonds. The van der Waals surface area contributed by atoms with Gasteiger partial charge in [0.15, 0.2) is 12.4 Å². The number of benzene rings is 2. The Kier molecular flexibility index (Phi) is 6.07. The van der Waals surface area contributed by atoms with E-state index in [0.717, 1.165) is 26.8 Å². The average Bonchev–Trinajstić information content (AvgIpc) is 3.20. The van der Waals surface area contributed by atoms with Crippen LogP contribution in [0.25, 0.3) is 11.0 Å². The lowest BCUT2D eigenvalue weighted by Gasteiger charge is -2.12. The molecule has 0 saturated carbocycles. The highest BCUT2D eigenvalue weighted by molar-refractivity contribution is 7.89. The molecule has 0 fully saturated rings. The molecule has 33 heavy (non-hydrogen) atoms. The van der Waals surface area contributed by atoms with E-state index >= 15 is 0 Å². The fourth-order valence-electron chi connectivity index (χ4n) is 3.09. The molecule has 0 atom stereocenters. The maximum absolute atomic E-state index is 12.4. The van der Waals surface area contributed by atoms with Crippen LogP contribution in [0, 0.1) is 0 Å². The molecule has 0 bridgehead atoms. The second-order valence-electron chi connectivity index (χ2n) is 7.24. The Morgan fingerprint density at radius 2 is 1.91 bits per heavy atom. The Morgan fingerprint density at radius 1 is 1.12 bits per heavy atom. The van der Waals surface area contributed by atoms with Gasteiger partial charge in [-0.1, -0.05) is 30.0 Å². The first kappa shape index (κ1) is 22.4. The standard InChI is InChI=1S/C20H23N9O3S/c1-4-13-7-5-6-8-15(13)22-20-24-18(23-19(21)25-20)12-32-29-17-11-14(33(30,31)28(2)3)9-10-16(17)26-27-29/h5-11H,4,12H2,1-3H3,(H3,21,22,23,24,25). The first-order valence-electron chi connectivity index (χ1n) is 10.0. The summed E-state index contributed by atoms with van der Waals surface area (Å²) in [5.41, 5.74) is 8.69. The van der Waals surface area contributed by atoms with Crippen molar-refractivity contribution in [3.05, 3.63) is 53.9 Å². The van der Waals surface area contributed by atoms with Gasteiger partial charge >= 0.3 is 0 Å². The first-order valence-corrected chi connectivity index (χ1v) is 11.5. The third-order valence-corrected chi connectivity index (χ3v) is 6.64. The minimum Gasteiger partial charge on any atom is -0.387 e. The lowest BCUT2D eigenvalue weighted by molar-refractivity contribution is 0.0709. The molecule has 0 spiro atoms. The number of nitrogens with zero attached hydrogens (tertiary/aromatic N) is 7. The number of nitrogens with one attached hydrogen (secondary N) is 1. The van der Waals surface area contributed by atoms with Crippen LogP contribution in [-0.4, -0.2) is 56.9 Å². The van der Waals surface area contributed by atoms with Gasteiger partial charge < -0.3 is 15.9 Å². The van der Waals surface area contributed by atoms with Gasteiger partial charge in [0.25, 0.3) is 0 Å². The second kappa shape index (κ2) is 8.96. The Balaban J connectivity index is 1.57. The van der Waals surface area contributed by atoms with Crippen LogP contribution in [0.2, 0.25) is 0 Å². The topological polar surface area (TPSA) is 154 Å². The van der Waals surface area contributed by atoms with Crippen molar-refractivity contribution in [3.8, 4) is 0 Å². The number of nitrogen functional groups attached to an aromatic ring is 1. The molecule has 3 N–H and O–H groups in total. The van der Waals surface area contributed by atoms with Crippen molar-refractivity contribution in [1.29, 1.82) is 0 Å². The molecule has 0 aliphatic heterocycles. The number of hydrogen-bond acceptors (Lipinski definition) is 10. The monoisotopic (exact) mass is 469 g/mol. The summed E-state index contributed by atoms with van der Waals surface area (Å²) in [7, 11) is -0.707. The lowest BCUT2D eigenvalue weighted by Crippen LogP contribution is -2.22. The molecule has 0 unspecified atom stereocenters. The van der Waals surface area contributed by atoms with Crippen molar-refractivity contribution < 1.29 is 13.3 Å². The van der Waals surface area contributed by atoms with Crippen molar-refractivity contribution in [2.45, 2.75) is 24.8 Å². The molecular formula is C20H23N9O3S. The molecule has 172 valence electrons. The van der Waals surface area contributed by atoms with E-state index in [2.05, 4.69) is 37.5 Å². The van der Waals surface area contributed by atoms with Crippen LogP contribution >= 0.6 is 0 Å². The Bertz CT molecular complexity index is 1400. The van der Waals surface area contributed by atoms with Crippen LogP contribution in [0.5, 0.6) is 0 Å². The zero-order valence-corrected chi connectivity index (χ0v) is 19.1. The molecule has 4 rings (SSSR count). The van der Waals surface area contributed by atoms with Crippen molar-refractivity contribution in [2.75, 3.05) is 25.1 Å². The minimum atomic E-state index is -3.63. The number of aromatic nitrogens is 6. The van der Waals surface area contributed by atoms with Crippen molar-refractivity contribution >= 4 is 38.6 Å². The Morgan fingerprint density at radius 3 is 2.67 bits per heavy atom. The number of nitrogens with two attached hydrogens (primary N) is 1. The SMILES string of the molecule is CCc1ccccc1Nc1nc(N)nc(COn2nnc3ccc(S(=O)(=O)N(C)C)cc32)n1. The molecular weight excluding hydrogens is 446 g/mol. The van der Waals surface area contributed by atoms with Gasteiger partial charge in [-0.05, 0) is 41.5 Å². The predicted molar refractivity (Wildman–Crippen MR) is 122 cm³/mol. The van der Waals surface area contributed by atoms with E-state index in [1.165, 1.54) is 26.2 Å². The molecule has 2 heterocycles. The number of sulfonamides is 1. The van der Waals surface area contributed by atoms with Crippen molar-refractivity contribution in [3.63, 3.8) is 0 Å². The van der Waals surface area contributed by atoms with Crippen LogP contribution in [0.3, 0.4) is 0 Å². The molecule has 0 aliphatic carbocycles. The normalized spacial score (nSPS) is 11.8. The highest BCUT2D eigenvalue weighted by Gasteiger charge is 2.19. The Labute approximate surface area is 190 Å². The number of rotatable bonds is 8. The summed E-state index contributed by atoms with van der Waals surface area (Å²) in [5.74, 6) is 0.576. The number of para-hydroxylation sites is 1. The van der Waals surface area contributed by atoms with Gasteiger partial charge in [0.2, 0.25) is 21.9 Å². The smallest absolute Gasteiger partial charge is 0.242 e. The third kappa shape index (κ3) is 4.68. The van der Waals surface area contributed by atoms with Crippen LogP contribution in [-0.2, 0) is 23.1 Å². The largest absolute Gasteiger partial charge is 0.387 e. The maximum Gasteiger partial charge on any atom is 0.242 e. The number of hydrogen-bond donors (Lipinski definition) is 2. The van der Waals surface area contributed by atoms with Gasteiger partial charge in [0.05, 0.1) is 4.90 Å². The highest BCUT2D eigenvalue weighted by atomic mass is 32.2. The summed E-state index contributed by atoms with van der Waals surface area (Å²) in [6, 6.07) is 12.3. The van der Waals surface area contributed by atoms with Crippen LogP contribution in [0.1, 0.15) is 18.3 Å². The molecule has 2 aromatic carbocycles. The maximum atomic E-state index is 12.4. The van der Waals surface area contributed by atoms with Gasteiger partial charge in [0, 0.05) is 19.8 Å².